The van der Waals surface area contributed by atoms with Crippen LogP contribution in [0.4, 0.5) is 0 Å². The van der Waals surface area contributed by atoms with E-state index in [1.165, 1.54) is 12.8 Å². The van der Waals surface area contributed by atoms with Gasteiger partial charge in [0.2, 0.25) is 0 Å². The smallest absolute Gasteiger partial charge is 0.137 e. The Kier molecular flexibility index (Phi) is 3.07. The van der Waals surface area contributed by atoms with Gasteiger partial charge in [-0.05, 0) is 49.4 Å². The zero-order valence-electron chi connectivity index (χ0n) is 11.5. The Morgan fingerprint density at radius 2 is 1.78 bits per heavy atom. The van der Waals surface area contributed by atoms with Gasteiger partial charge in [-0.1, -0.05) is 13.8 Å². The molecule has 0 aliphatic heterocycles. The molecule has 3 saturated carbocycles. The topological polar surface area (TPSA) is 34.1 Å². The van der Waals surface area contributed by atoms with Crippen LogP contribution in [0.2, 0.25) is 0 Å². The fraction of sp³-hybridized carbons (Fsp3) is 0.875. The summed E-state index contributed by atoms with van der Waals surface area (Å²) < 4.78 is 0. The van der Waals surface area contributed by atoms with E-state index in [-0.39, 0.29) is 11.8 Å². The number of hydrogen-bond donors (Lipinski definition) is 0. The highest BCUT2D eigenvalue weighted by molar-refractivity contribution is 5.91. The largest absolute Gasteiger partial charge is 0.299 e. The van der Waals surface area contributed by atoms with E-state index in [0.29, 0.717) is 41.7 Å². The summed E-state index contributed by atoms with van der Waals surface area (Å²) in [6.07, 6.45) is 5.99. The van der Waals surface area contributed by atoms with Crippen LogP contribution < -0.4 is 0 Å². The van der Waals surface area contributed by atoms with Gasteiger partial charge in [0.15, 0.2) is 0 Å². The SMILES string of the molecule is CC1CC2C[C@@H](C)CC(=O)[C@@H]2C2C(=O)CCC[C@H]12. The molecule has 0 saturated heterocycles. The van der Waals surface area contributed by atoms with Crippen molar-refractivity contribution in [1.82, 2.24) is 0 Å². The first-order chi connectivity index (χ1) is 8.58. The molecule has 3 aliphatic rings. The molecule has 3 rings (SSSR count). The van der Waals surface area contributed by atoms with Crippen LogP contribution in [0.15, 0.2) is 0 Å². The molecule has 2 heteroatoms. The highest BCUT2D eigenvalue weighted by Gasteiger charge is 2.51. The molecule has 3 fully saturated rings. The maximum atomic E-state index is 12.4. The van der Waals surface area contributed by atoms with E-state index in [0.717, 1.165) is 19.3 Å². The molecule has 0 aromatic rings. The van der Waals surface area contributed by atoms with Crippen molar-refractivity contribution >= 4 is 11.6 Å². The normalized spacial score (nSPS) is 48.6. The Labute approximate surface area is 110 Å². The summed E-state index contributed by atoms with van der Waals surface area (Å²) in [4.78, 5) is 24.7. The van der Waals surface area contributed by atoms with Gasteiger partial charge < -0.3 is 0 Å². The summed E-state index contributed by atoms with van der Waals surface area (Å²) in [7, 11) is 0. The predicted octanol–water partition coefficient (Wildman–Crippen LogP) is 3.24. The van der Waals surface area contributed by atoms with Crippen molar-refractivity contribution in [3.05, 3.63) is 0 Å². The van der Waals surface area contributed by atoms with E-state index in [4.69, 9.17) is 0 Å². The maximum Gasteiger partial charge on any atom is 0.137 e. The third-order valence-electron chi connectivity index (χ3n) is 5.72. The Morgan fingerprint density at radius 1 is 1.00 bits per heavy atom. The van der Waals surface area contributed by atoms with Crippen LogP contribution in [0.3, 0.4) is 0 Å². The minimum absolute atomic E-state index is 0.0903. The molecule has 0 amide bonds. The number of carbonyl (C=O) groups is 2. The van der Waals surface area contributed by atoms with Gasteiger partial charge in [0.05, 0.1) is 0 Å². The molecule has 0 bridgehead atoms. The molecular formula is C16H24O2. The summed E-state index contributed by atoms with van der Waals surface area (Å²) in [5, 5.41) is 0. The van der Waals surface area contributed by atoms with Crippen molar-refractivity contribution in [2.24, 2.45) is 35.5 Å². The van der Waals surface area contributed by atoms with Crippen LogP contribution in [-0.4, -0.2) is 11.6 Å². The second-order valence-corrected chi connectivity index (χ2v) is 7.06. The van der Waals surface area contributed by atoms with Gasteiger partial charge in [-0.2, -0.15) is 0 Å². The van der Waals surface area contributed by atoms with Crippen LogP contribution in [-0.2, 0) is 9.59 Å². The molecule has 3 aliphatic carbocycles. The zero-order valence-corrected chi connectivity index (χ0v) is 11.5. The molecule has 0 aromatic heterocycles. The van der Waals surface area contributed by atoms with E-state index in [2.05, 4.69) is 13.8 Å². The van der Waals surface area contributed by atoms with E-state index in [1.807, 2.05) is 0 Å². The predicted molar refractivity (Wildman–Crippen MR) is 70.0 cm³/mol. The van der Waals surface area contributed by atoms with E-state index in [1.54, 1.807) is 0 Å². The van der Waals surface area contributed by atoms with Crippen molar-refractivity contribution < 1.29 is 9.59 Å². The van der Waals surface area contributed by atoms with Crippen molar-refractivity contribution in [1.29, 1.82) is 0 Å². The van der Waals surface area contributed by atoms with Crippen LogP contribution in [0, 0.1) is 35.5 Å². The van der Waals surface area contributed by atoms with Crippen molar-refractivity contribution in [3.8, 4) is 0 Å². The molecule has 0 N–H and O–H groups in total. The van der Waals surface area contributed by atoms with Gasteiger partial charge in [-0.25, -0.2) is 0 Å². The van der Waals surface area contributed by atoms with Gasteiger partial charge in [-0.3, -0.25) is 9.59 Å². The number of Topliss-reactive ketones (excluding diaryl/α,β-unsaturated/α-hetero) is 2. The first kappa shape index (κ1) is 12.4. The lowest BCUT2D eigenvalue weighted by atomic mass is 9.53. The van der Waals surface area contributed by atoms with Crippen molar-refractivity contribution in [3.63, 3.8) is 0 Å². The number of carbonyl (C=O) groups excluding carboxylic acids is 2. The fourth-order valence-electron chi connectivity index (χ4n) is 5.08. The lowest BCUT2D eigenvalue weighted by molar-refractivity contribution is -0.148. The van der Waals surface area contributed by atoms with Crippen LogP contribution in [0.5, 0.6) is 0 Å². The van der Waals surface area contributed by atoms with E-state index in [9.17, 15) is 9.59 Å². The summed E-state index contributed by atoms with van der Waals surface area (Å²) in [6, 6.07) is 0. The lowest BCUT2D eigenvalue weighted by Crippen LogP contribution is -2.50. The number of ketones is 2. The van der Waals surface area contributed by atoms with Crippen LogP contribution in [0.1, 0.15) is 52.4 Å². The molecule has 0 heterocycles. The molecule has 0 radical (unpaired) electrons. The number of fused-ring (bicyclic) bond motifs is 3. The first-order valence-corrected chi connectivity index (χ1v) is 7.63. The van der Waals surface area contributed by atoms with Crippen molar-refractivity contribution in [2.75, 3.05) is 0 Å². The fourth-order valence-corrected chi connectivity index (χ4v) is 5.08. The second kappa shape index (κ2) is 4.47. The summed E-state index contributed by atoms with van der Waals surface area (Å²) in [5.41, 5.74) is 0. The highest BCUT2D eigenvalue weighted by Crippen LogP contribution is 2.52. The second-order valence-electron chi connectivity index (χ2n) is 7.06. The Balaban J connectivity index is 1.92. The first-order valence-electron chi connectivity index (χ1n) is 7.63. The van der Waals surface area contributed by atoms with Gasteiger partial charge in [0.1, 0.15) is 11.6 Å². The van der Waals surface area contributed by atoms with Gasteiger partial charge in [0, 0.05) is 24.7 Å². The maximum absolute atomic E-state index is 12.4. The summed E-state index contributed by atoms with van der Waals surface area (Å²) >= 11 is 0. The monoisotopic (exact) mass is 248 g/mol. The van der Waals surface area contributed by atoms with Crippen LogP contribution >= 0.6 is 0 Å². The van der Waals surface area contributed by atoms with E-state index >= 15 is 0 Å². The third-order valence-corrected chi connectivity index (χ3v) is 5.72. The average Bonchev–Trinajstić information content (AvgIpc) is 2.29. The quantitative estimate of drug-likeness (QED) is 0.659. The van der Waals surface area contributed by atoms with Gasteiger partial charge >= 0.3 is 0 Å². The van der Waals surface area contributed by atoms with E-state index < -0.39 is 0 Å². The molecule has 0 spiro atoms. The minimum atomic E-state index is 0.0903. The Bertz CT molecular complexity index is 373. The molecule has 6 atom stereocenters. The highest BCUT2D eigenvalue weighted by atomic mass is 16.1. The lowest BCUT2D eigenvalue weighted by Gasteiger charge is -2.50. The van der Waals surface area contributed by atoms with Crippen molar-refractivity contribution in [2.45, 2.75) is 52.4 Å². The molecule has 2 nitrogen and oxygen atoms in total. The standard InChI is InChI=1S/C16H24O2/c1-9-6-11-8-10(2)12-4-3-5-13(17)16(12)15(11)14(18)7-9/h9-12,15-16H,3-8H2,1-2H3/t9-,10?,11?,12-,15-,16?/m1/s1. The Hall–Kier alpha value is -0.660. The average molecular weight is 248 g/mol. The molecular weight excluding hydrogens is 224 g/mol. The third kappa shape index (κ3) is 1.85. The molecule has 0 aromatic carbocycles. The summed E-state index contributed by atoms with van der Waals surface area (Å²) in [5.74, 6) is 3.15. The number of rotatable bonds is 0. The summed E-state index contributed by atoms with van der Waals surface area (Å²) in [6.45, 7) is 4.49. The van der Waals surface area contributed by atoms with Crippen LogP contribution in [0.25, 0.3) is 0 Å². The van der Waals surface area contributed by atoms with Gasteiger partial charge in [-0.15, -0.1) is 0 Å². The number of hydrogen-bond acceptors (Lipinski definition) is 2. The molecule has 3 unspecified atom stereocenters. The molecule has 100 valence electrons. The minimum Gasteiger partial charge on any atom is -0.299 e. The van der Waals surface area contributed by atoms with Gasteiger partial charge in [0.25, 0.3) is 0 Å². The molecule has 18 heavy (non-hydrogen) atoms. The Morgan fingerprint density at radius 3 is 2.56 bits per heavy atom. The zero-order chi connectivity index (χ0) is 12.9.